The van der Waals surface area contributed by atoms with E-state index in [4.69, 9.17) is 0 Å². The predicted molar refractivity (Wildman–Crippen MR) is 111 cm³/mol. The lowest BCUT2D eigenvalue weighted by atomic mass is 9.49. The Labute approximate surface area is 156 Å². The molecule has 0 nitrogen and oxygen atoms in total. The molecule has 0 bridgehead atoms. The third-order valence-corrected chi connectivity index (χ3v) is 8.40. The van der Waals surface area contributed by atoms with Gasteiger partial charge in [0.25, 0.3) is 0 Å². The standard InChI is InChI=1S/C25H40/c1-18(2)21-13-17-25(6)22(21)14-16-24(5)15-12-20(4)9-7-8-19(3)10-11-23(24)25/h8,12,21-23H,1,7,9-11,13-17H2,2-6H3/b19-8+,20-12+/t21-,22-,23-,24+,25-/m1/s1. The highest BCUT2D eigenvalue weighted by atomic mass is 14.6. The summed E-state index contributed by atoms with van der Waals surface area (Å²) in [6.45, 7) is 16.6. The average Bonchev–Trinajstić information content (AvgIpc) is 2.88. The lowest BCUT2D eigenvalue weighted by Crippen LogP contribution is -2.47. The molecule has 0 amide bonds. The molecule has 0 aromatic rings. The molecule has 3 aliphatic carbocycles. The van der Waals surface area contributed by atoms with Crippen molar-refractivity contribution < 1.29 is 0 Å². The van der Waals surface area contributed by atoms with Gasteiger partial charge in [0.2, 0.25) is 0 Å². The van der Waals surface area contributed by atoms with Gasteiger partial charge in [-0.25, -0.2) is 0 Å². The minimum atomic E-state index is 0.487. The first-order valence-corrected chi connectivity index (χ1v) is 10.7. The molecule has 0 N–H and O–H groups in total. The highest BCUT2D eigenvalue weighted by Crippen LogP contribution is 2.65. The van der Waals surface area contributed by atoms with Crippen LogP contribution < -0.4 is 0 Å². The van der Waals surface area contributed by atoms with Crippen LogP contribution in [0.3, 0.4) is 0 Å². The molecule has 140 valence electrons. The van der Waals surface area contributed by atoms with Crippen LogP contribution in [0.25, 0.3) is 0 Å². The van der Waals surface area contributed by atoms with Crippen molar-refractivity contribution in [3.8, 4) is 0 Å². The Bertz CT molecular complexity index is 577. The van der Waals surface area contributed by atoms with Crippen molar-refractivity contribution in [1.29, 1.82) is 0 Å². The summed E-state index contributed by atoms with van der Waals surface area (Å²) in [5.74, 6) is 2.51. The second kappa shape index (κ2) is 7.09. The second-order valence-electron chi connectivity index (χ2n) is 10.2. The first kappa shape index (κ1) is 19.0. The summed E-state index contributed by atoms with van der Waals surface area (Å²) in [5, 5.41) is 0. The highest BCUT2D eigenvalue weighted by Gasteiger charge is 2.57. The van der Waals surface area contributed by atoms with Gasteiger partial charge in [0, 0.05) is 0 Å². The van der Waals surface area contributed by atoms with Gasteiger partial charge < -0.3 is 0 Å². The van der Waals surface area contributed by atoms with Crippen LogP contribution in [-0.4, -0.2) is 0 Å². The van der Waals surface area contributed by atoms with E-state index in [0.717, 1.165) is 17.8 Å². The van der Waals surface area contributed by atoms with Gasteiger partial charge >= 0.3 is 0 Å². The minimum Gasteiger partial charge on any atom is -0.0999 e. The molecular weight excluding hydrogens is 300 g/mol. The quantitative estimate of drug-likeness (QED) is 0.426. The molecule has 0 heterocycles. The van der Waals surface area contributed by atoms with E-state index in [9.17, 15) is 0 Å². The third kappa shape index (κ3) is 3.56. The number of hydrogen-bond donors (Lipinski definition) is 0. The fourth-order valence-electron chi connectivity index (χ4n) is 6.77. The maximum absolute atomic E-state index is 4.36. The van der Waals surface area contributed by atoms with Gasteiger partial charge in [0.1, 0.15) is 0 Å². The van der Waals surface area contributed by atoms with Crippen molar-refractivity contribution in [2.24, 2.45) is 28.6 Å². The van der Waals surface area contributed by atoms with Crippen LogP contribution in [0.4, 0.5) is 0 Å². The second-order valence-corrected chi connectivity index (χ2v) is 10.2. The maximum atomic E-state index is 4.36. The Morgan fingerprint density at radius 3 is 2.44 bits per heavy atom. The maximum Gasteiger partial charge on any atom is -0.0175 e. The van der Waals surface area contributed by atoms with Gasteiger partial charge in [0.15, 0.2) is 0 Å². The van der Waals surface area contributed by atoms with Gasteiger partial charge in [-0.15, -0.1) is 0 Å². The zero-order valence-electron chi connectivity index (χ0n) is 17.5. The highest BCUT2D eigenvalue weighted by molar-refractivity contribution is 5.16. The minimum absolute atomic E-state index is 0.487. The molecule has 0 unspecified atom stereocenters. The smallest absolute Gasteiger partial charge is 0.0175 e. The molecule has 5 atom stereocenters. The zero-order valence-corrected chi connectivity index (χ0v) is 17.5. The summed E-state index contributed by atoms with van der Waals surface area (Å²) in [7, 11) is 0. The van der Waals surface area contributed by atoms with E-state index >= 15 is 0 Å². The van der Waals surface area contributed by atoms with Gasteiger partial charge in [-0.05, 0) is 107 Å². The summed E-state index contributed by atoms with van der Waals surface area (Å²) < 4.78 is 0. The molecule has 3 rings (SSSR count). The topological polar surface area (TPSA) is 0 Å². The number of allylic oxidation sites excluding steroid dienone is 5. The molecule has 2 saturated carbocycles. The predicted octanol–water partition coefficient (Wildman–Crippen LogP) is 7.87. The fourth-order valence-corrected chi connectivity index (χ4v) is 6.77. The van der Waals surface area contributed by atoms with E-state index in [1.165, 1.54) is 63.4 Å². The van der Waals surface area contributed by atoms with Crippen LogP contribution in [0.15, 0.2) is 35.5 Å². The molecule has 0 aromatic carbocycles. The first-order valence-electron chi connectivity index (χ1n) is 10.7. The van der Waals surface area contributed by atoms with E-state index in [2.05, 4.69) is 53.3 Å². The average molecular weight is 341 g/mol. The third-order valence-electron chi connectivity index (χ3n) is 8.40. The molecule has 0 heteroatoms. The lowest BCUT2D eigenvalue weighted by molar-refractivity contribution is -0.0503. The fraction of sp³-hybridized carbons (Fsp3) is 0.760. The van der Waals surface area contributed by atoms with E-state index in [1.807, 2.05) is 0 Å². The van der Waals surface area contributed by atoms with Crippen molar-refractivity contribution in [3.63, 3.8) is 0 Å². The van der Waals surface area contributed by atoms with Crippen molar-refractivity contribution in [2.75, 3.05) is 0 Å². The Hall–Kier alpha value is -0.780. The van der Waals surface area contributed by atoms with Gasteiger partial charge in [-0.2, -0.15) is 0 Å². The Morgan fingerprint density at radius 2 is 1.72 bits per heavy atom. The zero-order chi connectivity index (χ0) is 18.2. The van der Waals surface area contributed by atoms with Gasteiger partial charge in [-0.1, -0.05) is 49.3 Å². The van der Waals surface area contributed by atoms with E-state index < -0.39 is 0 Å². The van der Waals surface area contributed by atoms with Crippen LogP contribution in [0.1, 0.15) is 92.4 Å². The van der Waals surface area contributed by atoms with E-state index in [1.54, 1.807) is 11.1 Å². The van der Waals surface area contributed by atoms with Gasteiger partial charge in [0.05, 0.1) is 0 Å². The summed E-state index contributed by atoms with van der Waals surface area (Å²) in [5.41, 5.74) is 5.68. The molecule has 0 aliphatic heterocycles. The van der Waals surface area contributed by atoms with Crippen LogP contribution in [0, 0.1) is 28.6 Å². The summed E-state index contributed by atoms with van der Waals surface area (Å²) in [4.78, 5) is 0. The van der Waals surface area contributed by atoms with E-state index in [0.29, 0.717) is 10.8 Å². The monoisotopic (exact) mass is 340 g/mol. The number of fused-ring (bicyclic) bond motifs is 3. The van der Waals surface area contributed by atoms with Crippen molar-refractivity contribution in [3.05, 3.63) is 35.5 Å². The normalized spacial score (nSPS) is 46.7. The Morgan fingerprint density at radius 1 is 1.00 bits per heavy atom. The lowest BCUT2D eigenvalue weighted by Gasteiger charge is -2.55. The molecular formula is C25H40. The van der Waals surface area contributed by atoms with Crippen molar-refractivity contribution in [1.82, 2.24) is 0 Å². The summed E-state index contributed by atoms with van der Waals surface area (Å²) in [6.07, 6.45) is 17.2. The van der Waals surface area contributed by atoms with Crippen LogP contribution in [0.5, 0.6) is 0 Å². The SMILES string of the molecule is C=C(C)[C@H]1CC[C@]2(C)[C@@H]1CC[C@]1(C)C/C=C(\C)CC/C=C(\C)CC[C@H]12. The Kier molecular flexibility index (Phi) is 5.38. The number of rotatable bonds is 1. The summed E-state index contributed by atoms with van der Waals surface area (Å²) >= 11 is 0. The summed E-state index contributed by atoms with van der Waals surface area (Å²) in [6, 6.07) is 0. The Balaban J connectivity index is 1.95. The molecule has 0 radical (unpaired) electrons. The van der Waals surface area contributed by atoms with Crippen molar-refractivity contribution >= 4 is 0 Å². The van der Waals surface area contributed by atoms with E-state index in [-0.39, 0.29) is 0 Å². The molecule has 0 aromatic heterocycles. The van der Waals surface area contributed by atoms with Gasteiger partial charge in [-0.3, -0.25) is 0 Å². The van der Waals surface area contributed by atoms with Crippen LogP contribution in [-0.2, 0) is 0 Å². The molecule has 0 saturated heterocycles. The number of hydrogen-bond acceptors (Lipinski definition) is 0. The van der Waals surface area contributed by atoms with Crippen LogP contribution in [0.2, 0.25) is 0 Å². The molecule has 0 spiro atoms. The molecule has 3 aliphatic rings. The van der Waals surface area contributed by atoms with Crippen molar-refractivity contribution in [2.45, 2.75) is 92.4 Å². The van der Waals surface area contributed by atoms with Crippen LogP contribution >= 0.6 is 0 Å². The first-order chi connectivity index (χ1) is 11.8. The molecule has 25 heavy (non-hydrogen) atoms. The largest absolute Gasteiger partial charge is 0.0999 e. The molecule has 2 fully saturated rings.